The van der Waals surface area contributed by atoms with E-state index in [0.717, 1.165) is 44.5 Å². The van der Waals surface area contributed by atoms with E-state index in [0.29, 0.717) is 35.3 Å². The fraction of sp³-hybridized carbons (Fsp3) is 0.417. The highest BCUT2D eigenvalue weighted by molar-refractivity contribution is 5.93. The van der Waals surface area contributed by atoms with Gasteiger partial charge in [0.2, 0.25) is 0 Å². The fourth-order valence-electron chi connectivity index (χ4n) is 4.80. The van der Waals surface area contributed by atoms with Crippen LogP contribution in [0, 0.1) is 5.82 Å². The minimum atomic E-state index is -4.93. The molecule has 2 aromatic carbocycles. The number of phenolic OH excluding ortho intramolecular Hbond substituents is 1. The minimum Gasteiger partial charge on any atom is -0.508 e. The highest BCUT2D eigenvalue weighted by atomic mass is 19.4. The van der Waals surface area contributed by atoms with E-state index in [2.05, 4.69) is 25.3 Å². The maximum Gasteiger partial charge on any atom is 0.419 e. The van der Waals surface area contributed by atoms with Gasteiger partial charge in [-0.1, -0.05) is 0 Å². The molecule has 1 aromatic heterocycles. The molecule has 0 spiro atoms. The zero-order valence-corrected chi connectivity index (χ0v) is 19.0. The maximum atomic E-state index is 14.7. The number of anilines is 2. The average molecular weight is 491 g/mol. The van der Waals surface area contributed by atoms with Gasteiger partial charge >= 0.3 is 6.18 Å². The lowest BCUT2D eigenvalue weighted by molar-refractivity contribution is -0.140. The molecule has 0 bridgehead atoms. The lowest BCUT2D eigenvalue weighted by Gasteiger charge is -2.44. The van der Waals surface area contributed by atoms with E-state index < -0.39 is 29.3 Å². The summed E-state index contributed by atoms with van der Waals surface area (Å²) in [5, 5.41) is 21.7. The molecular weight excluding hydrogens is 466 g/mol. The second-order valence-electron chi connectivity index (χ2n) is 8.93. The van der Waals surface area contributed by atoms with Gasteiger partial charge in [-0.2, -0.15) is 23.4 Å². The van der Waals surface area contributed by atoms with Crippen LogP contribution < -0.4 is 10.2 Å². The van der Waals surface area contributed by atoms with Crippen molar-refractivity contribution in [3.8, 4) is 5.75 Å². The molecule has 3 aromatic rings. The van der Waals surface area contributed by atoms with Gasteiger partial charge in [-0.15, -0.1) is 0 Å². The molecule has 0 aliphatic carbocycles. The molecule has 2 atom stereocenters. The number of benzene rings is 2. The Bertz CT molecular complexity index is 1240. The molecule has 35 heavy (non-hydrogen) atoms. The molecule has 2 N–H and O–H groups in total. The van der Waals surface area contributed by atoms with Crippen LogP contribution in [0.4, 0.5) is 28.9 Å². The van der Waals surface area contributed by atoms with Gasteiger partial charge in [-0.25, -0.2) is 4.39 Å². The van der Waals surface area contributed by atoms with Crippen LogP contribution in [0.1, 0.15) is 24.1 Å². The zero-order chi connectivity index (χ0) is 24.7. The number of nitrogens with one attached hydrogen (secondary N) is 1. The van der Waals surface area contributed by atoms with E-state index in [4.69, 9.17) is 4.74 Å². The summed E-state index contributed by atoms with van der Waals surface area (Å²) in [6.07, 6.45) is -3.47. The van der Waals surface area contributed by atoms with Crippen molar-refractivity contribution in [3.05, 3.63) is 53.5 Å². The fourth-order valence-corrected chi connectivity index (χ4v) is 4.80. The first-order valence-electron chi connectivity index (χ1n) is 11.4. The van der Waals surface area contributed by atoms with Gasteiger partial charge in [-0.3, -0.25) is 4.90 Å². The van der Waals surface area contributed by atoms with Crippen molar-refractivity contribution in [2.45, 2.75) is 25.2 Å². The Morgan fingerprint density at radius 2 is 2.00 bits per heavy atom. The molecule has 2 aliphatic rings. The van der Waals surface area contributed by atoms with E-state index in [9.17, 15) is 22.7 Å². The molecule has 2 aliphatic heterocycles. The number of hydrogen-bond acceptors (Lipinski definition) is 7. The Balaban J connectivity index is 1.44. The molecule has 0 radical (unpaired) electrons. The van der Waals surface area contributed by atoms with Gasteiger partial charge in [0.25, 0.3) is 0 Å². The number of hydrogen-bond donors (Lipinski definition) is 2. The number of fused-ring (bicyclic) bond motifs is 2. The molecule has 0 amide bonds. The molecule has 2 saturated heterocycles. The summed E-state index contributed by atoms with van der Waals surface area (Å²) in [5.41, 5.74) is 0.270. The Hall–Kier alpha value is -3.18. The molecule has 3 heterocycles. The number of aromatic hydroxyl groups is 1. The molecule has 186 valence electrons. The first-order valence-corrected chi connectivity index (χ1v) is 11.4. The van der Waals surface area contributed by atoms with E-state index >= 15 is 0 Å². The standard InChI is InChI=1S/C24H25F4N5O2/c1-14(18-9-17(34)10-20(23(18)25)24(26,27)28)30-22-11-29-31-21-3-2-15(8-19(21)22)33-5-4-32-6-7-35-13-16(32)12-33/h2-3,8-11,14,16,34H,4-7,12-13H2,1H3,(H,30,31)/t14-,16+/m1/s1. The molecule has 2 fully saturated rings. The van der Waals surface area contributed by atoms with Gasteiger partial charge < -0.3 is 20.1 Å². The molecule has 5 rings (SSSR count). The van der Waals surface area contributed by atoms with Crippen molar-refractivity contribution < 1.29 is 27.4 Å². The van der Waals surface area contributed by atoms with E-state index in [1.807, 2.05) is 18.2 Å². The van der Waals surface area contributed by atoms with E-state index in [-0.39, 0.29) is 5.56 Å². The summed E-state index contributed by atoms with van der Waals surface area (Å²) >= 11 is 0. The largest absolute Gasteiger partial charge is 0.508 e. The lowest BCUT2D eigenvalue weighted by Crippen LogP contribution is -2.58. The third-order valence-electron chi connectivity index (χ3n) is 6.65. The molecule has 0 unspecified atom stereocenters. The Morgan fingerprint density at radius 3 is 2.80 bits per heavy atom. The van der Waals surface area contributed by atoms with Gasteiger partial charge in [0.1, 0.15) is 11.6 Å². The lowest BCUT2D eigenvalue weighted by atomic mass is 10.0. The SMILES string of the molecule is C[C@@H](Nc1cnnc2ccc(N3CCN4CCOC[C@@H]4C3)cc12)c1cc(O)cc(C(F)(F)F)c1F. The monoisotopic (exact) mass is 491 g/mol. The highest BCUT2D eigenvalue weighted by Crippen LogP contribution is 2.38. The van der Waals surface area contributed by atoms with Crippen molar-refractivity contribution in [2.24, 2.45) is 0 Å². The predicted octanol–water partition coefficient (Wildman–Crippen LogP) is 4.19. The zero-order valence-electron chi connectivity index (χ0n) is 19.0. The second kappa shape index (κ2) is 9.12. The average Bonchev–Trinajstić information content (AvgIpc) is 2.84. The van der Waals surface area contributed by atoms with Crippen LogP contribution in [0.25, 0.3) is 10.9 Å². The van der Waals surface area contributed by atoms with Crippen molar-refractivity contribution in [2.75, 3.05) is 49.6 Å². The number of morpholine rings is 1. The van der Waals surface area contributed by atoms with Crippen molar-refractivity contribution in [1.29, 1.82) is 0 Å². The number of nitrogens with zero attached hydrogens (tertiary/aromatic N) is 4. The number of aromatic nitrogens is 2. The third-order valence-corrected chi connectivity index (χ3v) is 6.65. The van der Waals surface area contributed by atoms with Crippen molar-refractivity contribution >= 4 is 22.3 Å². The van der Waals surface area contributed by atoms with Crippen LogP contribution >= 0.6 is 0 Å². The van der Waals surface area contributed by atoms with Crippen molar-refractivity contribution in [3.63, 3.8) is 0 Å². The number of rotatable bonds is 4. The number of halogens is 4. The van der Waals surface area contributed by atoms with E-state index in [1.54, 1.807) is 0 Å². The van der Waals surface area contributed by atoms with Gasteiger partial charge in [0.15, 0.2) is 0 Å². The maximum absolute atomic E-state index is 14.7. The van der Waals surface area contributed by atoms with Crippen LogP contribution in [0.15, 0.2) is 36.5 Å². The Labute approximate surface area is 199 Å². The number of alkyl halides is 3. The second-order valence-corrected chi connectivity index (χ2v) is 8.93. The van der Waals surface area contributed by atoms with E-state index in [1.165, 1.54) is 13.1 Å². The Morgan fingerprint density at radius 1 is 1.17 bits per heavy atom. The number of ether oxygens (including phenoxy) is 1. The number of phenols is 1. The predicted molar refractivity (Wildman–Crippen MR) is 123 cm³/mol. The highest BCUT2D eigenvalue weighted by Gasteiger charge is 2.36. The summed E-state index contributed by atoms with van der Waals surface area (Å²) in [7, 11) is 0. The summed E-state index contributed by atoms with van der Waals surface area (Å²) in [4.78, 5) is 4.70. The summed E-state index contributed by atoms with van der Waals surface area (Å²) < 4.78 is 60.0. The van der Waals surface area contributed by atoms with Crippen LogP contribution in [0.2, 0.25) is 0 Å². The molecule has 0 saturated carbocycles. The quantitative estimate of drug-likeness (QED) is 0.531. The Kier molecular flexibility index (Phi) is 6.14. The first-order chi connectivity index (χ1) is 16.7. The van der Waals surface area contributed by atoms with Crippen LogP contribution in [-0.2, 0) is 10.9 Å². The van der Waals surface area contributed by atoms with Crippen LogP contribution in [0.5, 0.6) is 5.75 Å². The third kappa shape index (κ3) is 4.70. The molecule has 11 heteroatoms. The summed E-state index contributed by atoms with van der Waals surface area (Å²) in [5.74, 6) is -2.08. The normalized spacial score (nSPS) is 20.0. The molecule has 7 nitrogen and oxygen atoms in total. The smallest absolute Gasteiger partial charge is 0.419 e. The first kappa shape index (κ1) is 23.6. The van der Waals surface area contributed by atoms with Gasteiger partial charge in [0, 0.05) is 42.8 Å². The molecular formula is C24H25F4N5O2. The van der Waals surface area contributed by atoms with Crippen molar-refractivity contribution in [1.82, 2.24) is 15.1 Å². The topological polar surface area (TPSA) is 73.8 Å². The van der Waals surface area contributed by atoms with Crippen LogP contribution in [0.3, 0.4) is 0 Å². The number of piperazine rings is 1. The minimum absolute atomic E-state index is 0.299. The van der Waals surface area contributed by atoms with Gasteiger partial charge in [0.05, 0.1) is 48.3 Å². The summed E-state index contributed by atoms with van der Waals surface area (Å²) in [6.45, 7) is 6.50. The van der Waals surface area contributed by atoms with Crippen LogP contribution in [-0.4, -0.2) is 65.6 Å². The summed E-state index contributed by atoms with van der Waals surface area (Å²) in [6, 6.07) is 6.58. The van der Waals surface area contributed by atoms with Gasteiger partial charge in [-0.05, 0) is 37.3 Å².